The Morgan fingerprint density at radius 1 is 1.36 bits per heavy atom. The minimum atomic E-state index is -0.450. The lowest BCUT2D eigenvalue weighted by molar-refractivity contribution is -0.146. The minimum Gasteiger partial charge on any atom is -0.465 e. The van der Waals surface area contributed by atoms with Crippen molar-refractivity contribution < 1.29 is 19.1 Å². The molecule has 0 radical (unpaired) electrons. The van der Waals surface area contributed by atoms with Crippen molar-refractivity contribution in [1.29, 1.82) is 0 Å². The molecule has 1 aliphatic heterocycles. The number of ether oxygens (including phenoxy) is 2. The molecule has 0 bridgehead atoms. The SMILES string of the molecule is CCOC(=O)C(CN(C=O)C1CCOCC1)c1ccccc1. The predicted molar refractivity (Wildman–Crippen MR) is 82.4 cm³/mol. The summed E-state index contributed by atoms with van der Waals surface area (Å²) < 4.78 is 10.5. The van der Waals surface area contributed by atoms with E-state index in [0.717, 1.165) is 24.8 Å². The van der Waals surface area contributed by atoms with Crippen LogP contribution in [0.15, 0.2) is 30.3 Å². The summed E-state index contributed by atoms with van der Waals surface area (Å²) in [5.74, 6) is -0.734. The average Bonchev–Trinajstić information content (AvgIpc) is 2.57. The number of hydrogen-bond acceptors (Lipinski definition) is 4. The van der Waals surface area contributed by atoms with Crippen LogP contribution in [0.3, 0.4) is 0 Å². The zero-order valence-electron chi connectivity index (χ0n) is 12.9. The van der Waals surface area contributed by atoms with E-state index in [-0.39, 0.29) is 12.0 Å². The van der Waals surface area contributed by atoms with Crippen molar-refractivity contribution in [1.82, 2.24) is 4.90 Å². The van der Waals surface area contributed by atoms with Gasteiger partial charge in [0.1, 0.15) is 0 Å². The van der Waals surface area contributed by atoms with Crippen molar-refractivity contribution >= 4 is 12.4 Å². The summed E-state index contributed by atoms with van der Waals surface area (Å²) >= 11 is 0. The fourth-order valence-corrected chi connectivity index (χ4v) is 2.75. The van der Waals surface area contributed by atoms with Gasteiger partial charge in [0, 0.05) is 25.8 Å². The minimum absolute atomic E-state index is 0.131. The quantitative estimate of drug-likeness (QED) is 0.571. The fourth-order valence-electron chi connectivity index (χ4n) is 2.75. The Morgan fingerprint density at radius 3 is 2.64 bits per heavy atom. The molecular formula is C17H23NO4. The van der Waals surface area contributed by atoms with Gasteiger partial charge in [-0.15, -0.1) is 0 Å². The Morgan fingerprint density at radius 2 is 2.05 bits per heavy atom. The van der Waals surface area contributed by atoms with Gasteiger partial charge < -0.3 is 14.4 Å². The van der Waals surface area contributed by atoms with Gasteiger partial charge in [0.05, 0.1) is 12.5 Å². The molecule has 1 atom stereocenters. The van der Waals surface area contributed by atoms with E-state index in [9.17, 15) is 9.59 Å². The Labute approximate surface area is 131 Å². The first-order valence-corrected chi connectivity index (χ1v) is 7.76. The summed E-state index contributed by atoms with van der Waals surface area (Å²) in [7, 11) is 0. The molecule has 22 heavy (non-hydrogen) atoms. The number of benzene rings is 1. The highest BCUT2D eigenvalue weighted by molar-refractivity contribution is 5.78. The van der Waals surface area contributed by atoms with E-state index in [2.05, 4.69) is 0 Å². The van der Waals surface area contributed by atoms with Gasteiger partial charge in [-0.05, 0) is 25.3 Å². The van der Waals surface area contributed by atoms with Crippen LogP contribution < -0.4 is 0 Å². The second-order valence-electron chi connectivity index (χ2n) is 5.36. The molecule has 0 saturated carbocycles. The Bertz CT molecular complexity index is 471. The van der Waals surface area contributed by atoms with Crippen molar-refractivity contribution in [3.63, 3.8) is 0 Å². The van der Waals surface area contributed by atoms with E-state index in [1.54, 1.807) is 11.8 Å². The lowest BCUT2D eigenvalue weighted by atomic mass is 9.97. The Balaban J connectivity index is 2.13. The second kappa shape index (κ2) is 8.54. The monoisotopic (exact) mass is 305 g/mol. The molecule has 120 valence electrons. The van der Waals surface area contributed by atoms with Crippen molar-refractivity contribution in [3.8, 4) is 0 Å². The molecule has 1 unspecified atom stereocenters. The molecule has 5 heteroatoms. The summed E-state index contributed by atoms with van der Waals surface area (Å²) in [5, 5.41) is 0. The highest BCUT2D eigenvalue weighted by Gasteiger charge is 2.28. The first kappa shape index (κ1) is 16.5. The molecule has 5 nitrogen and oxygen atoms in total. The Hall–Kier alpha value is -1.88. The third-order valence-electron chi connectivity index (χ3n) is 3.96. The van der Waals surface area contributed by atoms with Crippen LogP contribution in [0.4, 0.5) is 0 Å². The normalized spacial score (nSPS) is 16.8. The molecule has 1 saturated heterocycles. The van der Waals surface area contributed by atoms with Crippen molar-refractivity contribution in [2.45, 2.75) is 31.7 Å². The first-order valence-electron chi connectivity index (χ1n) is 7.76. The third kappa shape index (κ3) is 4.31. The summed E-state index contributed by atoms with van der Waals surface area (Å²) in [4.78, 5) is 25.5. The smallest absolute Gasteiger partial charge is 0.315 e. The van der Waals surface area contributed by atoms with Crippen LogP contribution in [0.25, 0.3) is 0 Å². The van der Waals surface area contributed by atoms with E-state index in [1.165, 1.54) is 0 Å². The molecule has 0 spiro atoms. The number of hydrogen-bond donors (Lipinski definition) is 0. The number of amides is 1. The van der Waals surface area contributed by atoms with Gasteiger partial charge in [-0.3, -0.25) is 9.59 Å². The maximum Gasteiger partial charge on any atom is 0.315 e. The van der Waals surface area contributed by atoms with Crippen LogP contribution in [0, 0.1) is 0 Å². The highest BCUT2D eigenvalue weighted by Crippen LogP contribution is 2.22. The molecule has 0 aromatic heterocycles. The van der Waals surface area contributed by atoms with Crippen LogP contribution in [-0.4, -0.2) is 49.7 Å². The van der Waals surface area contributed by atoms with Gasteiger partial charge in [0.25, 0.3) is 0 Å². The fraction of sp³-hybridized carbons (Fsp3) is 0.529. The molecule has 1 aliphatic rings. The van der Waals surface area contributed by atoms with Crippen LogP contribution in [0.2, 0.25) is 0 Å². The van der Waals surface area contributed by atoms with E-state index < -0.39 is 5.92 Å². The van der Waals surface area contributed by atoms with Crippen LogP contribution in [0.1, 0.15) is 31.2 Å². The number of nitrogens with zero attached hydrogens (tertiary/aromatic N) is 1. The lowest BCUT2D eigenvalue weighted by Gasteiger charge is -2.33. The average molecular weight is 305 g/mol. The summed E-state index contributed by atoms with van der Waals surface area (Å²) in [6, 6.07) is 9.61. The van der Waals surface area contributed by atoms with Crippen LogP contribution in [0.5, 0.6) is 0 Å². The van der Waals surface area contributed by atoms with Gasteiger partial charge in [-0.25, -0.2) is 0 Å². The van der Waals surface area contributed by atoms with E-state index in [1.807, 2.05) is 30.3 Å². The lowest BCUT2D eigenvalue weighted by Crippen LogP contribution is -2.42. The number of rotatable bonds is 7. The van der Waals surface area contributed by atoms with Gasteiger partial charge >= 0.3 is 5.97 Å². The molecule has 0 N–H and O–H groups in total. The van der Waals surface area contributed by atoms with Gasteiger partial charge in [-0.2, -0.15) is 0 Å². The molecule has 1 heterocycles. The molecule has 1 fully saturated rings. The Kier molecular flexibility index (Phi) is 6.40. The van der Waals surface area contributed by atoms with Crippen molar-refractivity contribution in [2.24, 2.45) is 0 Å². The zero-order chi connectivity index (χ0) is 15.8. The third-order valence-corrected chi connectivity index (χ3v) is 3.96. The van der Waals surface area contributed by atoms with Crippen LogP contribution in [-0.2, 0) is 19.1 Å². The van der Waals surface area contributed by atoms with Crippen molar-refractivity contribution in [3.05, 3.63) is 35.9 Å². The number of esters is 1. The van der Waals surface area contributed by atoms with E-state index in [0.29, 0.717) is 26.4 Å². The summed E-state index contributed by atoms with van der Waals surface area (Å²) in [6.45, 7) is 3.78. The van der Waals surface area contributed by atoms with Gasteiger partial charge in [0.2, 0.25) is 6.41 Å². The molecule has 1 aromatic rings. The largest absolute Gasteiger partial charge is 0.465 e. The highest BCUT2D eigenvalue weighted by atomic mass is 16.5. The topological polar surface area (TPSA) is 55.8 Å². The molecule has 1 amide bonds. The first-order chi connectivity index (χ1) is 10.8. The van der Waals surface area contributed by atoms with Crippen LogP contribution >= 0.6 is 0 Å². The maximum absolute atomic E-state index is 12.3. The van der Waals surface area contributed by atoms with Gasteiger partial charge in [-0.1, -0.05) is 30.3 Å². The van der Waals surface area contributed by atoms with E-state index in [4.69, 9.17) is 9.47 Å². The summed E-state index contributed by atoms with van der Waals surface area (Å²) in [5.41, 5.74) is 0.875. The standard InChI is InChI=1S/C17H23NO4/c1-2-22-17(20)16(14-6-4-3-5-7-14)12-18(13-19)15-8-10-21-11-9-15/h3-7,13,15-16H,2,8-12H2,1H3. The predicted octanol–water partition coefficient (Wildman–Crippen LogP) is 1.97. The zero-order valence-corrected chi connectivity index (χ0v) is 12.9. The van der Waals surface area contributed by atoms with Crippen molar-refractivity contribution in [2.75, 3.05) is 26.4 Å². The maximum atomic E-state index is 12.3. The number of carbonyl (C=O) groups is 2. The van der Waals surface area contributed by atoms with Gasteiger partial charge in [0.15, 0.2) is 0 Å². The second-order valence-corrected chi connectivity index (χ2v) is 5.36. The molecule has 1 aromatic carbocycles. The summed E-state index contributed by atoms with van der Waals surface area (Å²) in [6.07, 6.45) is 2.46. The molecular weight excluding hydrogens is 282 g/mol. The number of carbonyl (C=O) groups excluding carboxylic acids is 2. The molecule has 0 aliphatic carbocycles. The van der Waals surface area contributed by atoms with E-state index >= 15 is 0 Å². The molecule has 2 rings (SSSR count).